The topological polar surface area (TPSA) is 9.86 Å². The second-order valence-corrected chi connectivity index (χ2v) is 4.85. The Morgan fingerprint density at radius 1 is 0.867 bits per heavy atom. The molecule has 0 bridgehead atoms. The van der Waals surface area contributed by atoms with Crippen LogP contribution in [0.25, 0.3) is 0 Å². The molecule has 0 N–H and O–H groups in total. The van der Waals surface area contributed by atoms with Gasteiger partial charge in [-0.1, -0.05) is 0 Å². The average Bonchev–Trinajstić information content (AvgIpc) is 2.23. The molecule has 4 heteroatoms. The van der Waals surface area contributed by atoms with Gasteiger partial charge in [0.2, 0.25) is 0 Å². The molecule has 0 aliphatic carbocycles. The molecule has 1 heterocycles. The molecule has 15 heavy (non-hydrogen) atoms. The Labute approximate surface area is 111 Å². The molecule has 0 saturated carbocycles. The third-order valence-corrected chi connectivity index (χ3v) is 3.20. The van der Waals surface area contributed by atoms with Crippen molar-refractivity contribution in [3.8, 4) is 0 Å². The van der Waals surface area contributed by atoms with Crippen molar-refractivity contribution in [3.05, 3.63) is 15.7 Å². The molecule has 0 aliphatic rings. The van der Waals surface area contributed by atoms with Gasteiger partial charge in [-0.25, -0.2) is 0 Å². The number of rotatable bonds is 2. The van der Waals surface area contributed by atoms with E-state index in [9.17, 15) is 0 Å². The maximum absolute atomic E-state index is 4.17. The summed E-state index contributed by atoms with van der Waals surface area (Å²) in [5.41, 5.74) is 2.66. The van der Waals surface area contributed by atoms with Gasteiger partial charge in [-0.3, -0.25) is 0 Å². The normalized spacial score (nSPS) is 11.0. The Hall–Kier alpha value is 0.209. The van der Waals surface area contributed by atoms with Crippen molar-refractivity contribution in [2.24, 2.45) is 0 Å². The summed E-state index contributed by atoms with van der Waals surface area (Å²) >= 11 is 4.17. The number of aromatic nitrogens is 2. The van der Waals surface area contributed by atoms with Crippen molar-refractivity contribution >= 4 is 17.0 Å². The molecule has 0 aromatic carbocycles. The van der Waals surface area contributed by atoms with Crippen LogP contribution in [0.1, 0.15) is 51.2 Å². The molecule has 0 fully saturated rings. The van der Waals surface area contributed by atoms with Crippen LogP contribution in [0, 0.1) is 18.2 Å². The number of hydrogen-bond donors (Lipinski definition) is 0. The molecule has 0 aliphatic heterocycles. The standard InChI is InChI=1S/C11H20N2.BrH.Fe/c1-8(2)12-7-13(9(3)4)11(6)10(12)5;;/h8-9H,1-6H3;1H;. The van der Waals surface area contributed by atoms with Crippen molar-refractivity contribution in [2.75, 3.05) is 0 Å². The van der Waals surface area contributed by atoms with Gasteiger partial charge < -0.3 is 0 Å². The van der Waals surface area contributed by atoms with Gasteiger partial charge in [-0.15, -0.1) is 17.0 Å². The summed E-state index contributed by atoms with van der Waals surface area (Å²) < 4.78 is 5.72. The van der Waals surface area contributed by atoms with E-state index >= 15 is 0 Å². The molecule has 0 atom stereocenters. The van der Waals surface area contributed by atoms with Crippen molar-refractivity contribution in [2.45, 2.75) is 53.6 Å². The Balaban J connectivity index is 0.00000196. The van der Waals surface area contributed by atoms with E-state index in [-0.39, 0.29) is 17.0 Å². The van der Waals surface area contributed by atoms with E-state index in [4.69, 9.17) is 0 Å². The quantitative estimate of drug-likeness (QED) is 0.736. The van der Waals surface area contributed by atoms with Gasteiger partial charge in [0.05, 0.1) is 0 Å². The molecule has 0 unspecified atom stereocenters. The third kappa shape index (κ3) is 2.66. The number of halogens is 1. The van der Waals surface area contributed by atoms with E-state index in [1.54, 1.807) is 0 Å². The van der Waals surface area contributed by atoms with Gasteiger partial charge in [0.25, 0.3) is 0 Å². The first-order valence-corrected chi connectivity index (χ1v) is 5.70. The molecule has 0 saturated heterocycles. The van der Waals surface area contributed by atoms with Crippen LogP contribution in [0.15, 0.2) is 0 Å². The van der Waals surface area contributed by atoms with Gasteiger partial charge in [0.15, 0.2) is 0 Å². The zero-order valence-electron chi connectivity index (χ0n) is 10.3. The van der Waals surface area contributed by atoms with Crippen LogP contribution in [0.2, 0.25) is 0 Å². The molecule has 1 aromatic rings. The van der Waals surface area contributed by atoms with Gasteiger partial charge in [-0.05, 0) is 0 Å². The summed E-state index contributed by atoms with van der Waals surface area (Å²) in [6, 6.07) is 0.974. The summed E-state index contributed by atoms with van der Waals surface area (Å²) in [6.45, 7) is 13.1. The molecular weight excluding hydrogens is 296 g/mol. The minimum absolute atomic E-state index is 0. The Kier molecular flexibility index (Phi) is 5.59. The van der Waals surface area contributed by atoms with Crippen LogP contribution in [-0.4, -0.2) is 9.13 Å². The van der Waals surface area contributed by atoms with Crippen LogP contribution >= 0.6 is 17.0 Å². The monoisotopic (exact) mass is 316 g/mol. The van der Waals surface area contributed by atoms with E-state index in [0.29, 0.717) is 12.1 Å². The van der Waals surface area contributed by atoms with E-state index in [1.807, 2.05) is 0 Å². The van der Waals surface area contributed by atoms with E-state index in [2.05, 4.69) is 66.3 Å². The second-order valence-electron chi connectivity index (χ2n) is 4.36. The van der Waals surface area contributed by atoms with E-state index in [1.165, 1.54) is 11.4 Å². The van der Waals surface area contributed by atoms with Crippen LogP contribution in [0.5, 0.6) is 0 Å². The Bertz CT molecular complexity index is 354. The van der Waals surface area contributed by atoms with Crippen LogP contribution in [0.4, 0.5) is 0 Å². The average molecular weight is 317 g/mol. The molecular formula is C11H21BrFeN2. The number of nitrogens with zero attached hydrogens (tertiary/aromatic N) is 2. The Morgan fingerprint density at radius 2 is 1.13 bits per heavy atom. The molecule has 0 amide bonds. The molecule has 1 rings (SSSR count). The molecule has 90 valence electrons. The van der Waals surface area contributed by atoms with Crippen molar-refractivity contribution in [1.82, 2.24) is 9.13 Å². The van der Waals surface area contributed by atoms with Crippen molar-refractivity contribution in [1.29, 1.82) is 0 Å². The number of hydrogen-bond acceptors (Lipinski definition) is 0. The summed E-state index contributed by atoms with van der Waals surface area (Å²) in [5, 5.41) is 0. The summed E-state index contributed by atoms with van der Waals surface area (Å²) in [5.74, 6) is 0. The maximum atomic E-state index is 4.17. The number of imidazole rings is 1. The van der Waals surface area contributed by atoms with Crippen molar-refractivity contribution in [3.63, 3.8) is 0 Å². The van der Waals surface area contributed by atoms with Gasteiger partial charge in [0.1, 0.15) is 0 Å². The second kappa shape index (κ2) is 5.51. The third-order valence-electron chi connectivity index (χ3n) is 2.66. The predicted octanol–water partition coefficient (Wildman–Crippen LogP) is 3.72. The van der Waals surface area contributed by atoms with E-state index in [0.717, 1.165) is 4.32 Å². The van der Waals surface area contributed by atoms with Gasteiger partial charge in [-0.2, -0.15) is 0 Å². The van der Waals surface area contributed by atoms with Gasteiger partial charge >= 0.3 is 94.0 Å². The van der Waals surface area contributed by atoms with Crippen molar-refractivity contribution < 1.29 is 15.6 Å². The fourth-order valence-corrected chi connectivity index (χ4v) is 2.86. The van der Waals surface area contributed by atoms with E-state index < -0.39 is 0 Å². The molecule has 0 radical (unpaired) electrons. The molecule has 1 aromatic heterocycles. The predicted molar refractivity (Wildman–Crippen MR) is 66.2 cm³/mol. The fourth-order valence-electron chi connectivity index (χ4n) is 1.92. The minimum atomic E-state index is 0. The summed E-state index contributed by atoms with van der Waals surface area (Å²) in [7, 11) is 0. The van der Waals surface area contributed by atoms with Gasteiger partial charge in [0, 0.05) is 0 Å². The molecule has 2 nitrogen and oxygen atoms in total. The zero-order valence-corrected chi connectivity index (χ0v) is 13.1. The zero-order chi connectivity index (χ0) is 11.0. The first kappa shape index (κ1) is 15.2. The fraction of sp³-hybridized carbons (Fsp3) is 0.727. The SMILES string of the molecule is Br.Cc1c(C)n(C(C)C)[c](=[Fe])n1C(C)C. The van der Waals surface area contributed by atoms with Crippen LogP contribution < -0.4 is 0 Å². The van der Waals surface area contributed by atoms with Crippen LogP contribution in [0.3, 0.4) is 0 Å². The molecule has 0 spiro atoms. The van der Waals surface area contributed by atoms with Crippen LogP contribution in [-0.2, 0) is 15.6 Å². The first-order chi connectivity index (χ1) is 6.37. The Morgan fingerprint density at radius 3 is 1.27 bits per heavy atom. The first-order valence-electron chi connectivity index (χ1n) is 5.15. The summed E-state index contributed by atoms with van der Waals surface area (Å²) in [6.07, 6.45) is 0. The summed E-state index contributed by atoms with van der Waals surface area (Å²) in [4.78, 5) is 0.